The van der Waals surface area contributed by atoms with Crippen molar-refractivity contribution in [2.24, 2.45) is 17.8 Å². The third-order valence-electron chi connectivity index (χ3n) is 8.37. The lowest BCUT2D eigenvalue weighted by molar-refractivity contribution is -0.126. The van der Waals surface area contributed by atoms with Crippen molar-refractivity contribution in [1.82, 2.24) is 4.90 Å². The number of carbonyl (C=O) groups is 1. The maximum Gasteiger partial charge on any atom is 0.248 e. The van der Waals surface area contributed by atoms with Gasteiger partial charge in [0.1, 0.15) is 6.61 Å². The zero-order valence-corrected chi connectivity index (χ0v) is 21.8. The predicted molar refractivity (Wildman–Crippen MR) is 139 cm³/mol. The average molecular weight is 472 g/mol. The fraction of sp³-hybridized carbons (Fsp3) is 0.700. The van der Waals surface area contributed by atoms with Crippen molar-refractivity contribution in [3.05, 3.63) is 41.7 Å². The highest BCUT2D eigenvalue weighted by Gasteiger charge is 2.31. The number of rotatable bonds is 11. The standard InChI is InChI=1S/C30H46FNO2/c1-5-6-7-8-23-9-11-24(12-10-23)25-13-15-26(16-14-25)27-17-18-29(28(31)21-27)34-20-19-32(4)30(33)22(2)3/h17-18,21,23-26H,2,5-16,19-20H2,1,3-4H3. The van der Waals surface area contributed by atoms with Gasteiger partial charge < -0.3 is 9.64 Å². The lowest BCUT2D eigenvalue weighted by Gasteiger charge is -2.38. The van der Waals surface area contributed by atoms with Gasteiger partial charge in [-0.3, -0.25) is 4.79 Å². The molecule has 2 aliphatic carbocycles. The van der Waals surface area contributed by atoms with Crippen molar-refractivity contribution in [2.75, 3.05) is 20.2 Å². The minimum absolute atomic E-state index is 0.116. The second-order valence-electron chi connectivity index (χ2n) is 10.9. The van der Waals surface area contributed by atoms with Crippen LogP contribution in [0.4, 0.5) is 4.39 Å². The second kappa shape index (κ2) is 13.3. The summed E-state index contributed by atoms with van der Waals surface area (Å²) >= 11 is 0. The Labute approximate surface area is 207 Å². The van der Waals surface area contributed by atoms with Crippen LogP contribution >= 0.6 is 0 Å². The van der Waals surface area contributed by atoms with Crippen molar-refractivity contribution in [3.63, 3.8) is 0 Å². The molecule has 1 aromatic carbocycles. The maximum atomic E-state index is 14.7. The highest BCUT2D eigenvalue weighted by atomic mass is 19.1. The van der Waals surface area contributed by atoms with Crippen LogP contribution in [0.25, 0.3) is 0 Å². The van der Waals surface area contributed by atoms with Gasteiger partial charge in [0.05, 0.1) is 6.54 Å². The van der Waals surface area contributed by atoms with E-state index in [0.717, 1.165) is 23.3 Å². The fourth-order valence-corrected chi connectivity index (χ4v) is 6.16. The Hall–Kier alpha value is -1.84. The normalized spacial score (nSPS) is 25.1. The monoisotopic (exact) mass is 471 g/mol. The fourth-order valence-electron chi connectivity index (χ4n) is 6.16. The Morgan fingerprint density at radius 3 is 2.29 bits per heavy atom. The molecule has 0 aromatic heterocycles. The van der Waals surface area contributed by atoms with Crippen LogP contribution in [0.5, 0.6) is 5.75 Å². The van der Waals surface area contributed by atoms with Crippen molar-refractivity contribution in [2.45, 2.75) is 96.8 Å². The van der Waals surface area contributed by atoms with Crippen LogP contribution in [0.1, 0.15) is 102 Å². The minimum Gasteiger partial charge on any atom is -0.489 e. The average Bonchev–Trinajstić information content (AvgIpc) is 2.85. The third kappa shape index (κ3) is 7.58. The van der Waals surface area contributed by atoms with E-state index < -0.39 is 0 Å². The van der Waals surface area contributed by atoms with E-state index in [2.05, 4.69) is 13.5 Å². The highest BCUT2D eigenvalue weighted by molar-refractivity contribution is 5.91. The van der Waals surface area contributed by atoms with Crippen molar-refractivity contribution in [3.8, 4) is 5.75 Å². The molecule has 2 fully saturated rings. The van der Waals surface area contributed by atoms with E-state index in [0.29, 0.717) is 18.0 Å². The van der Waals surface area contributed by atoms with Gasteiger partial charge in [0.25, 0.3) is 0 Å². The lowest BCUT2D eigenvalue weighted by atomic mass is 9.68. The van der Waals surface area contributed by atoms with Crippen LogP contribution in [0.15, 0.2) is 30.4 Å². The van der Waals surface area contributed by atoms with E-state index >= 15 is 0 Å². The zero-order valence-electron chi connectivity index (χ0n) is 21.8. The number of nitrogens with zero attached hydrogens (tertiary/aromatic N) is 1. The lowest BCUT2D eigenvalue weighted by Crippen LogP contribution is -2.31. The molecule has 4 heteroatoms. The van der Waals surface area contributed by atoms with Crippen LogP contribution in [0.3, 0.4) is 0 Å². The molecule has 0 heterocycles. The van der Waals surface area contributed by atoms with Gasteiger partial charge >= 0.3 is 0 Å². The van der Waals surface area contributed by atoms with Crippen LogP contribution in [-0.4, -0.2) is 31.0 Å². The summed E-state index contributed by atoms with van der Waals surface area (Å²) in [6.45, 7) is 8.30. The summed E-state index contributed by atoms with van der Waals surface area (Å²) in [5.41, 5.74) is 1.60. The molecule has 0 unspecified atom stereocenters. The van der Waals surface area contributed by atoms with Gasteiger partial charge in [0.15, 0.2) is 11.6 Å². The van der Waals surface area contributed by atoms with E-state index in [1.165, 1.54) is 77.0 Å². The van der Waals surface area contributed by atoms with Crippen LogP contribution in [0, 0.1) is 23.6 Å². The molecule has 0 radical (unpaired) electrons. The molecule has 3 rings (SSSR count). The predicted octanol–water partition coefficient (Wildman–Crippen LogP) is 7.90. The van der Waals surface area contributed by atoms with E-state index in [-0.39, 0.29) is 24.1 Å². The van der Waals surface area contributed by atoms with Gasteiger partial charge in [-0.15, -0.1) is 0 Å². The van der Waals surface area contributed by atoms with Gasteiger partial charge in [0, 0.05) is 12.6 Å². The van der Waals surface area contributed by atoms with Crippen LogP contribution < -0.4 is 4.74 Å². The van der Waals surface area contributed by atoms with E-state index in [9.17, 15) is 9.18 Å². The van der Waals surface area contributed by atoms with Crippen molar-refractivity contribution in [1.29, 1.82) is 0 Å². The number of ether oxygens (including phenoxy) is 1. The smallest absolute Gasteiger partial charge is 0.248 e. The summed E-state index contributed by atoms with van der Waals surface area (Å²) in [6.07, 6.45) is 16.3. The number of benzene rings is 1. The van der Waals surface area contributed by atoms with E-state index in [1.807, 2.05) is 6.07 Å². The van der Waals surface area contributed by atoms with Crippen molar-refractivity contribution < 1.29 is 13.9 Å². The summed E-state index contributed by atoms with van der Waals surface area (Å²) in [5.74, 6) is 3.10. The number of unbranched alkanes of at least 4 members (excludes halogenated alkanes) is 2. The molecule has 0 N–H and O–H groups in total. The topological polar surface area (TPSA) is 29.5 Å². The van der Waals surface area contributed by atoms with Crippen molar-refractivity contribution >= 4 is 5.91 Å². The number of amides is 1. The van der Waals surface area contributed by atoms with Gasteiger partial charge in [-0.05, 0) is 86.8 Å². The largest absolute Gasteiger partial charge is 0.489 e. The highest BCUT2D eigenvalue weighted by Crippen LogP contribution is 2.44. The molecule has 3 nitrogen and oxygen atoms in total. The number of likely N-dealkylation sites (N-methyl/N-ethyl adjacent to an activating group) is 1. The molecule has 0 bridgehead atoms. The van der Waals surface area contributed by atoms with E-state index in [4.69, 9.17) is 4.74 Å². The first kappa shape index (κ1) is 26.8. The molecular formula is C30H46FNO2. The van der Waals surface area contributed by atoms with Gasteiger partial charge in [-0.2, -0.15) is 0 Å². The van der Waals surface area contributed by atoms with E-state index in [1.54, 1.807) is 31.0 Å². The molecule has 0 saturated heterocycles. The summed E-state index contributed by atoms with van der Waals surface area (Å²) in [6, 6.07) is 5.47. The van der Waals surface area contributed by atoms with Gasteiger partial charge in [0.2, 0.25) is 5.91 Å². The third-order valence-corrected chi connectivity index (χ3v) is 8.37. The summed E-state index contributed by atoms with van der Waals surface area (Å²) in [7, 11) is 1.70. The summed E-state index contributed by atoms with van der Waals surface area (Å²) in [5, 5.41) is 0. The molecule has 190 valence electrons. The molecule has 2 saturated carbocycles. The molecule has 0 spiro atoms. The first-order valence-corrected chi connectivity index (χ1v) is 13.7. The van der Waals surface area contributed by atoms with Crippen LogP contribution in [0.2, 0.25) is 0 Å². The molecule has 0 atom stereocenters. The Balaban J connectivity index is 1.41. The van der Waals surface area contributed by atoms with Crippen LogP contribution in [-0.2, 0) is 4.79 Å². The molecule has 0 aliphatic heterocycles. The quantitative estimate of drug-likeness (QED) is 0.242. The Morgan fingerprint density at radius 2 is 1.71 bits per heavy atom. The SMILES string of the molecule is C=C(C)C(=O)N(C)CCOc1ccc(C2CCC(C3CCC(CCCCC)CC3)CC2)cc1F. The van der Waals surface area contributed by atoms with Gasteiger partial charge in [-0.25, -0.2) is 4.39 Å². The molecule has 2 aliphatic rings. The summed E-state index contributed by atoms with van der Waals surface area (Å²) in [4.78, 5) is 13.4. The summed E-state index contributed by atoms with van der Waals surface area (Å²) < 4.78 is 20.3. The Kier molecular flexibility index (Phi) is 10.5. The Bertz CT molecular complexity index is 791. The number of halogens is 1. The first-order chi connectivity index (χ1) is 16.4. The number of hydrogen-bond acceptors (Lipinski definition) is 2. The second-order valence-corrected chi connectivity index (χ2v) is 10.9. The van der Waals surface area contributed by atoms with Gasteiger partial charge in [-0.1, -0.05) is 58.1 Å². The number of carbonyl (C=O) groups excluding carboxylic acids is 1. The minimum atomic E-state index is -0.296. The molecule has 34 heavy (non-hydrogen) atoms. The first-order valence-electron chi connectivity index (χ1n) is 13.7. The Morgan fingerprint density at radius 1 is 1.06 bits per heavy atom. The maximum absolute atomic E-state index is 14.7. The molecular weight excluding hydrogens is 425 g/mol. The number of hydrogen-bond donors (Lipinski definition) is 0. The molecule has 1 aromatic rings. The molecule has 1 amide bonds. The zero-order chi connectivity index (χ0) is 24.5.